The van der Waals surface area contributed by atoms with Gasteiger partial charge in [-0.25, -0.2) is 8.42 Å². The van der Waals surface area contributed by atoms with Crippen LogP contribution in [-0.4, -0.2) is 66.7 Å². The molecule has 154 valence electrons. The van der Waals surface area contributed by atoms with Crippen molar-refractivity contribution in [3.63, 3.8) is 0 Å². The molecule has 1 aliphatic heterocycles. The van der Waals surface area contributed by atoms with Crippen molar-refractivity contribution in [2.24, 2.45) is 0 Å². The Kier molecular flexibility index (Phi) is 5.96. The molecule has 3 rings (SSSR count). The van der Waals surface area contributed by atoms with Crippen LogP contribution in [0, 0.1) is 14.8 Å². The number of H-pyrrole nitrogens is 1. The smallest absolute Gasteiger partial charge is 0.312 e. The molecule has 10 nitrogen and oxygen atoms in total. The Morgan fingerprint density at radius 2 is 1.93 bits per heavy atom. The van der Waals surface area contributed by atoms with Gasteiger partial charge in [-0.05, 0) is 24.3 Å². The zero-order chi connectivity index (χ0) is 21.2. The highest BCUT2D eigenvalue weighted by Gasteiger charge is 2.32. The van der Waals surface area contributed by atoms with Crippen LogP contribution >= 0.6 is 12.2 Å². The lowest BCUT2D eigenvalue weighted by atomic mass is 10.2. The van der Waals surface area contributed by atoms with Crippen LogP contribution in [0.1, 0.15) is 10.4 Å². The molecule has 0 unspecified atom stereocenters. The van der Waals surface area contributed by atoms with E-state index in [1.54, 1.807) is 18.3 Å². The molecule has 0 aliphatic carbocycles. The zero-order valence-corrected chi connectivity index (χ0v) is 17.0. The van der Waals surface area contributed by atoms with E-state index in [-0.39, 0.29) is 42.7 Å². The molecule has 1 amide bonds. The van der Waals surface area contributed by atoms with Crippen molar-refractivity contribution >= 4 is 33.8 Å². The number of ether oxygens (including phenoxy) is 1. The van der Waals surface area contributed by atoms with Crippen LogP contribution in [0.25, 0.3) is 0 Å². The number of nitrogens with one attached hydrogen (secondary N) is 1. The number of piperazine rings is 1. The van der Waals surface area contributed by atoms with Gasteiger partial charge in [0.1, 0.15) is 4.64 Å². The average molecular weight is 438 g/mol. The number of nitro groups is 1. The number of hydrogen-bond acceptors (Lipinski definition) is 7. The van der Waals surface area contributed by atoms with Crippen molar-refractivity contribution in [2.45, 2.75) is 4.90 Å². The number of amides is 1. The Morgan fingerprint density at radius 1 is 1.24 bits per heavy atom. The van der Waals surface area contributed by atoms with Crippen LogP contribution in [0.5, 0.6) is 5.75 Å². The Hall–Kier alpha value is -2.83. The summed E-state index contributed by atoms with van der Waals surface area (Å²) in [7, 11) is -2.69. The van der Waals surface area contributed by atoms with Gasteiger partial charge in [-0.2, -0.15) is 4.31 Å². The lowest BCUT2D eigenvalue weighted by Gasteiger charge is -2.34. The number of methoxy groups -OCH3 is 1. The molecule has 1 aromatic carbocycles. The lowest BCUT2D eigenvalue weighted by molar-refractivity contribution is -0.386. The molecule has 0 atom stereocenters. The standard InChI is InChI=1S/C17H18N4O6S2/c1-27-15-5-4-12(11-14(15)21(23)24)29(25,26)20-9-7-19(8-10-20)17(22)13-3-2-6-18-16(13)28/h2-6,11H,7-10H2,1H3,(H,18,28). The summed E-state index contributed by atoms with van der Waals surface area (Å²) in [5.41, 5.74) is -0.0784. The topological polar surface area (TPSA) is 126 Å². The quantitative estimate of drug-likeness (QED) is 0.429. The molecule has 0 radical (unpaired) electrons. The summed E-state index contributed by atoms with van der Waals surface area (Å²) in [6, 6.07) is 6.78. The molecule has 0 saturated carbocycles. The number of benzene rings is 1. The number of aromatic amines is 1. The molecule has 2 heterocycles. The first kappa shape index (κ1) is 20.9. The molecular formula is C17H18N4O6S2. The number of aromatic nitrogens is 1. The zero-order valence-electron chi connectivity index (χ0n) is 15.4. The Labute approximate surface area is 171 Å². The van der Waals surface area contributed by atoms with Gasteiger partial charge in [0, 0.05) is 38.4 Å². The normalized spacial score (nSPS) is 15.1. The number of sulfonamides is 1. The molecule has 1 saturated heterocycles. The van der Waals surface area contributed by atoms with Crippen LogP contribution < -0.4 is 4.74 Å². The van der Waals surface area contributed by atoms with E-state index < -0.39 is 20.6 Å². The molecule has 1 fully saturated rings. The van der Waals surface area contributed by atoms with Crippen LogP contribution in [0.3, 0.4) is 0 Å². The van der Waals surface area contributed by atoms with E-state index in [0.717, 1.165) is 6.07 Å². The highest BCUT2D eigenvalue weighted by Crippen LogP contribution is 2.30. The number of carbonyl (C=O) groups is 1. The second-order valence-electron chi connectivity index (χ2n) is 6.20. The summed E-state index contributed by atoms with van der Waals surface area (Å²) in [5, 5.41) is 11.2. The van der Waals surface area contributed by atoms with Crippen molar-refractivity contribution < 1.29 is 22.9 Å². The van der Waals surface area contributed by atoms with E-state index in [2.05, 4.69) is 4.98 Å². The van der Waals surface area contributed by atoms with E-state index in [0.29, 0.717) is 10.2 Å². The first-order valence-corrected chi connectivity index (χ1v) is 10.4. The number of nitro benzene ring substituents is 1. The largest absolute Gasteiger partial charge is 0.490 e. The fourth-order valence-electron chi connectivity index (χ4n) is 3.01. The van der Waals surface area contributed by atoms with E-state index in [1.807, 2.05) is 0 Å². The highest BCUT2D eigenvalue weighted by molar-refractivity contribution is 7.89. The molecule has 2 aromatic rings. The summed E-state index contributed by atoms with van der Waals surface area (Å²) in [6.45, 7) is 0.494. The first-order chi connectivity index (χ1) is 13.8. The van der Waals surface area contributed by atoms with Crippen molar-refractivity contribution in [1.29, 1.82) is 0 Å². The SMILES string of the molecule is COc1ccc(S(=O)(=O)N2CCN(C(=O)c3ccc[nH]c3=S)CC2)cc1[N+](=O)[O-]. The number of hydrogen-bond donors (Lipinski definition) is 1. The summed E-state index contributed by atoms with van der Waals surface area (Å²) >= 11 is 5.12. The van der Waals surface area contributed by atoms with Gasteiger partial charge in [-0.15, -0.1) is 0 Å². The minimum Gasteiger partial charge on any atom is -0.490 e. The maximum atomic E-state index is 12.9. The number of carbonyl (C=O) groups excluding carboxylic acids is 1. The maximum absolute atomic E-state index is 12.9. The third-order valence-corrected chi connectivity index (χ3v) is 6.79. The summed E-state index contributed by atoms with van der Waals surface area (Å²) < 4.78 is 32.2. The maximum Gasteiger partial charge on any atom is 0.312 e. The number of pyridine rings is 1. The average Bonchev–Trinajstić information content (AvgIpc) is 2.73. The van der Waals surface area contributed by atoms with E-state index >= 15 is 0 Å². The monoisotopic (exact) mass is 438 g/mol. The van der Waals surface area contributed by atoms with Gasteiger partial charge in [0.25, 0.3) is 5.91 Å². The molecule has 1 aromatic heterocycles. The Morgan fingerprint density at radius 3 is 2.52 bits per heavy atom. The molecular weight excluding hydrogens is 420 g/mol. The highest BCUT2D eigenvalue weighted by atomic mass is 32.2. The minimum absolute atomic E-state index is 0.0243. The number of rotatable bonds is 5. The predicted molar refractivity (Wildman–Crippen MR) is 106 cm³/mol. The minimum atomic E-state index is -3.96. The molecule has 1 aliphatic rings. The summed E-state index contributed by atoms with van der Waals surface area (Å²) in [6.07, 6.45) is 1.62. The van der Waals surface area contributed by atoms with Crippen LogP contribution in [0.4, 0.5) is 5.69 Å². The lowest BCUT2D eigenvalue weighted by Crippen LogP contribution is -2.50. The van der Waals surface area contributed by atoms with Crippen molar-refractivity contribution in [1.82, 2.24) is 14.2 Å². The van der Waals surface area contributed by atoms with Gasteiger partial charge in [0.15, 0.2) is 5.75 Å². The van der Waals surface area contributed by atoms with Gasteiger partial charge in [-0.3, -0.25) is 14.9 Å². The predicted octanol–water partition coefficient (Wildman–Crippen LogP) is 1.81. The van der Waals surface area contributed by atoms with Gasteiger partial charge in [0.05, 0.1) is 22.5 Å². The van der Waals surface area contributed by atoms with Crippen molar-refractivity contribution in [2.75, 3.05) is 33.3 Å². The molecule has 12 heteroatoms. The Balaban J connectivity index is 1.77. The van der Waals surface area contributed by atoms with Crippen LogP contribution in [0.2, 0.25) is 0 Å². The van der Waals surface area contributed by atoms with E-state index in [9.17, 15) is 23.3 Å². The first-order valence-electron chi connectivity index (χ1n) is 8.55. The number of nitrogens with zero attached hydrogens (tertiary/aromatic N) is 3. The van der Waals surface area contributed by atoms with Crippen molar-refractivity contribution in [3.05, 3.63) is 56.8 Å². The van der Waals surface area contributed by atoms with E-state index in [4.69, 9.17) is 17.0 Å². The van der Waals surface area contributed by atoms with Crippen LogP contribution in [-0.2, 0) is 10.0 Å². The van der Waals surface area contributed by atoms with Crippen molar-refractivity contribution in [3.8, 4) is 5.75 Å². The fraction of sp³-hybridized carbons (Fsp3) is 0.294. The summed E-state index contributed by atoms with van der Waals surface area (Å²) in [4.78, 5) is 27.2. The van der Waals surface area contributed by atoms with Gasteiger partial charge < -0.3 is 14.6 Å². The summed E-state index contributed by atoms with van der Waals surface area (Å²) in [5.74, 6) is -0.298. The van der Waals surface area contributed by atoms with Gasteiger partial charge in [0.2, 0.25) is 10.0 Å². The van der Waals surface area contributed by atoms with Crippen LogP contribution in [0.15, 0.2) is 41.4 Å². The second-order valence-corrected chi connectivity index (χ2v) is 8.55. The third kappa shape index (κ3) is 4.13. The molecule has 0 spiro atoms. The fourth-order valence-corrected chi connectivity index (χ4v) is 4.68. The second kappa shape index (κ2) is 8.27. The Bertz CT molecular complexity index is 1110. The van der Waals surface area contributed by atoms with Gasteiger partial charge in [-0.1, -0.05) is 12.2 Å². The molecule has 29 heavy (non-hydrogen) atoms. The molecule has 1 N–H and O–H groups in total. The molecule has 0 bridgehead atoms. The third-order valence-electron chi connectivity index (χ3n) is 4.56. The van der Waals surface area contributed by atoms with Gasteiger partial charge >= 0.3 is 5.69 Å². The van der Waals surface area contributed by atoms with E-state index in [1.165, 1.54) is 28.4 Å².